The van der Waals surface area contributed by atoms with Crippen LogP contribution in [0.2, 0.25) is 0 Å². The van der Waals surface area contributed by atoms with E-state index in [0.717, 1.165) is 35.4 Å². The highest BCUT2D eigenvalue weighted by atomic mass is 19.1. The van der Waals surface area contributed by atoms with Gasteiger partial charge in [0.05, 0.1) is 11.1 Å². The maximum absolute atomic E-state index is 13.1. The van der Waals surface area contributed by atoms with Crippen LogP contribution in [0.4, 0.5) is 4.39 Å². The van der Waals surface area contributed by atoms with E-state index in [-0.39, 0.29) is 17.4 Å². The highest BCUT2D eigenvalue weighted by Gasteiger charge is 2.33. The molecule has 0 radical (unpaired) electrons. The molecule has 1 aromatic heterocycles. The van der Waals surface area contributed by atoms with Crippen molar-refractivity contribution in [3.8, 4) is 11.5 Å². The summed E-state index contributed by atoms with van der Waals surface area (Å²) in [7, 11) is 0. The summed E-state index contributed by atoms with van der Waals surface area (Å²) in [6.07, 6.45) is 5.85. The molecule has 2 aliphatic rings. The summed E-state index contributed by atoms with van der Waals surface area (Å²) in [5.41, 5.74) is 3.29. The van der Waals surface area contributed by atoms with Gasteiger partial charge in [0.25, 0.3) is 0 Å². The smallest absolute Gasteiger partial charge is 0.231 e. The van der Waals surface area contributed by atoms with Crippen LogP contribution < -0.4 is 9.47 Å². The van der Waals surface area contributed by atoms with E-state index in [2.05, 4.69) is 9.88 Å². The zero-order valence-electron chi connectivity index (χ0n) is 16.2. The van der Waals surface area contributed by atoms with E-state index >= 15 is 0 Å². The number of Topliss-reactive ketones (excluding diaryl/α,β-unsaturated/α-hetero) is 1. The van der Waals surface area contributed by atoms with Crippen molar-refractivity contribution in [2.45, 2.75) is 13.0 Å². The predicted octanol–water partition coefficient (Wildman–Crippen LogP) is 4.23. The van der Waals surface area contributed by atoms with Gasteiger partial charge in [-0.1, -0.05) is 18.2 Å². The maximum atomic E-state index is 13.1. The first-order valence-corrected chi connectivity index (χ1v) is 9.77. The largest absolute Gasteiger partial charge is 0.478 e. The monoisotopic (exact) mass is 402 g/mol. The third-order valence-electron chi connectivity index (χ3n) is 5.29. The number of hydrogen-bond acceptors (Lipinski definition) is 5. The summed E-state index contributed by atoms with van der Waals surface area (Å²) in [4.78, 5) is 19.0. The molecule has 0 amide bonds. The second-order valence-electron chi connectivity index (χ2n) is 7.35. The van der Waals surface area contributed by atoms with Gasteiger partial charge in [-0.15, -0.1) is 0 Å². The summed E-state index contributed by atoms with van der Waals surface area (Å²) in [6.45, 7) is 1.83. The van der Waals surface area contributed by atoms with Crippen LogP contribution >= 0.6 is 0 Å². The van der Waals surface area contributed by atoms with Crippen molar-refractivity contribution >= 4 is 11.9 Å². The van der Waals surface area contributed by atoms with E-state index in [0.29, 0.717) is 24.6 Å². The van der Waals surface area contributed by atoms with Gasteiger partial charge in [-0.3, -0.25) is 14.7 Å². The van der Waals surface area contributed by atoms with Crippen LogP contribution in [0.5, 0.6) is 11.5 Å². The molecule has 30 heavy (non-hydrogen) atoms. The van der Waals surface area contributed by atoms with Crippen LogP contribution in [0.15, 0.2) is 66.7 Å². The molecule has 2 aliphatic heterocycles. The van der Waals surface area contributed by atoms with E-state index in [4.69, 9.17) is 9.47 Å². The Morgan fingerprint density at radius 2 is 2.00 bits per heavy atom. The van der Waals surface area contributed by atoms with Gasteiger partial charge in [0.15, 0.2) is 5.76 Å². The van der Waals surface area contributed by atoms with E-state index in [9.17, 15) is 9.18 Å². The minimum atomic E-state index is -0.235. The molecule has 0 spiro atoms. The Morgan fingerprint density at radius 1 is 1.13 bits per heavy atom. The van der Waals surface area contributed by atoms with Gasteiger partial charge in [0.1, 0.15) is 24.0 Å². The fourth-order valence-corrected chi connectivity index (χ4v) is 3.70. The Labute approximate surface area is 173 Å². The Bertz CT molecular complexity index is 1130. The number of allylic oxidation sites excluding steroid dienone is 1. The Morgan fingerprint density at radius 3 is 2.80 bits per heavy atom. The van der Waals surface area contributed by atoms with Crippen molar-refractivity contribution in [1.82, 2.24) is 9.88 Å². The lowest BCUT2D eigenvalue weighted by molar-refractivity contribution is 0.0949. The van der Waals surface area contributed by atoms with Crippen molar-refractivity contribution in [3.63, 3.8) is 0 Å². The van der Waals surface area contributed by atoms with Gasteiger partial charge in [-0.05, 0) is 54.0 Å². The number of pyridine rings is 1. The molecular weight excluding hydrogens is 383 g/mol. The van der Waals surface area contributed by atoms with Gasteiger partial charge in [-0.25, -0.2) is 4.39 Å². The van der Waals surface area contributed by atoms with Crippen LogP contribution in [0, 0.1) is 5.82 Å². The quantitative estimate of drug-likeness (QED) is 0.612. The second-order valence-corrected chi connectivity index (χ2v) is 7.35. The molecule has 0 aliphatic carbocycles. The number of rotatable bonds is 4. The number of halogens is 1. The first-order valence-electron chi connectivity index (χ1n) is 9.77. The summed E-state index contributed by atoms with van der Waals surface area (Å²) >= 11 is 0. The van der Waals surface area contributed by atoms with Crippen molar-refractivity contribution in [2.24, 2.45) is 0 Å². The second kappa shape index (κ2) is 7.72. The number of nitrogens with zero attached hydrogens (tertiary/aromatic N) is 2. The van der Waals surface area contributed by atoms with Crippen LogP contribution in [0.3, 0.4) is 0 Å². The minimum absolute atomic E-state index is 0.139. The summed E-state index contributed by atoms with van der Waals surface area (Å²) in [5, 5.41) is 0. The number of ether oxygens (including phenoxy) is 2. The Kier molecular flexibility index (Phi) is 4.77. The van der Waals surface area contributed by atoms with Crippen molar-refractivity contribution < 1.29 is 18.7 Å². The van der Waals surface area contributed by atoms with Gasteiger partial charge in [0.2, 0.25) is 5.78 Å². The summed E-state index contributed by atoms with van der Waals surface area (Å²) < 4.78 is 25.0. The molecule has 0 fully saturated rings. The number of ketones is 1. The van der Waals surface area contributed by atoms with Crippen LogP contribution in [0.1, 0.15) is 27.0 Å². The number of benzene rings is 2. The van der Waals surface area contributed by atoms with Crippen molar-refractivity contribution in [1.29, 1.82) is 0 Å². The van der Waals surface area contributed by atoms with Crippen LogP contribution in [-0.2, 0) is 13.0 Å². The number of carbonyl (C=O) groups is 1. The number of hydrogen-bond donors (Lipinski definition) is 0. The third-order valence-corrected chi connectivity index (χ3v) is 5.29. The number of fused-ring (bicyclic) bond motifs is 3. The van der Waals surface area contributed by atoms with Crippen molar-refractivity contribution in [2.75, 3.05) is 13.3 Å². The first kappa shape index (κ1) is 18.5. The van der Waals surface area contributed by atoms with Crippen molar-refractivity contribution in [3.05, 3.63) is 94.8 Å². The number of aromatic nitrogens is 1. The van der Waals surface area contributed by atoms with E-state index in [1.165, 1.54) is 12.1 Å². The van der Waals surface area contributed by atoms with E-state index < -0.39 is 0 Å². The highest BCUT2D eigenvalue weighted by Crippen LogP contribution is 2.42. The van der Waals surface area contributed by atoms with Crippen LogP contribution in [-0.4, -0.2) is 28.9 Å². The third kappa shape index (κ3) is 3.57. The van der Waals surface area contributed by atoms with Gasteiger partial charge < -0.3 is 9.47 Å². The topological polar surface area (TPSA) is 51.7 Å². The zero-order valence-corrected chi connectivity index (χ0v) is 16.2. The van der Waals surface area contributed by atoms with E-state index in [1.54, 1.807) is 36.7 Å². The Hall–Kier alpha value is -3.51. The average Bonchev–Trinajstić information content (AvgIpc) is 3.10. The molecule has 5 nitrogen and oxygen atoms in total. The fourth-order valence-electron chi connectivity index (χ4n) is 3.70. The standard InChI is InChI=1S/C24H19FN2O3/c25-18-5-3-16(4-6-18)9-11-27-14-20-21(29-15-27)8-7-19-23(28)22(30-24(19)20)12-17-2-1-10-26-13-17/h1-8,10,12-13H,9,11,14-15H2/b22-12-. The van der Waals surface area contributed by atoms with E-state index in [1.807, 2.05) is 18.2 Å². The normalized spacial score (nSPS) is 16.7. The van der Waals surface area contributed by atoms with Gasteiger partial charge >= 0.3 is 0 Å². The zero-order chi connectivity index (χ0) is 20.5. The fraction of sp³-hybridized carbons (Fsp3) is 0.167. The molecule has 0 unspecified atom stereocenters. The highest BCUT2D eigenvalue weighted by molar-refractivity contribution is 6.15. The molecule has 0 bridgehead atoms. The molecule has 0 atom stereocenters. The molecular formula is C24H19FN2O3. The molecule has 150 valence electrons. The molecule has 0 saturated carbocycles. The summed E-state index contributed by atoms with van der Waals surface area (Å²) in [6, 6.07) is 13.8. The molecule has 2 aromatic carbocycles. The van der Waals surface area contributed by atoms with Gasteiger partial charge in [0, 0.05) is 25.5 Å². The molecule has 0 N–H and O–H groups in total. The number of carbonyl (C=O) groups excluding carboxylic acids is 1. The SMILES string of the molecule is O=C1/C(=C/c2cccnc2)Oc2c1ccc1c2CN(CCc2ccc(F)cc2)CO1. The molecule has 0 saturated heterocycles. The lowest BCUT2D eigenvalue weighted by Crippen LogP contribution is -2.33. The predicted molar refractivity (Wildman–Crippen MR) is 110 cm³/mol. The molecule has 5 rings (SSSR count). The molecule has 3 aromatic rings. The molecule has 3 heterocycles. The minimum Gasteiger partial charge on any atom is -0.478 e. The maximum Gasteiger partial charge on any atom is 0.231 e. The lowest BCUT2D eigenvalue weighted by atomic mass is 10.0. The average molecular weight is 402 g/mol. The van der Waals surface area contributed by atoms with Crippen LogP contribution in [0.25, 0.3) is 6.08 Å². The first-order chi connectivity index (χ1) is 14.7. The van der Waals surface area contributed by atoms with Gasteiger partial charge in [-0.2, -0.15) is 0 Å². The Balaban J connectivity index is 1.35. The lowest BCUT2D eigenvalue weighted by Gasteiger charge is -2.29. The molecule has 6 heteroatoms. The summed E-state index contributed by atoms with van der Waals surface area (Å²) in [5.74, 6) is 1.22.